The summed E-state index contributed by atoms with van der Waals surface area (Å²) in [6.07, 6.45) is 0.0579. The standard InChI is InChI=1S/C19H29N3O2/c1-13(2)24-19(16-9-7-8-10-18(16)23-6)12-20-15(4)17-11-14(3)22(5)21-17/h7-11,13,15,19-20H,12H2,1-6H3/t15-,19-/m0/s1. The molecule has 132 valence electrons. The number of rotatable bonds is 8. The van der Waals surface area contributed by atoms with Crippen LogP contribution in [-0.2, 0) is 11.8 Å². The second-order valence-corrected chi connectivity index (χ2v) is 6.38. The number of nitrogens with one attached hydrogen (secondary N) is 1. The van der Waals surface area contributed by atoms with Crippen LogP contribution in [0, 0.1) is 6.92 Å². The first-order valence-corrected chi connectivity index (χ1v) is 8.44. The lowest BCUT2D eigenvalue weighted by Crippen LogP contribution is -2.28. The van der Waals surface area contributed by atoms with Crippen molar-refractivity contribution < 1.29 is 9.47 Å². The summed E-state index contributed by atoms with van der Waals surface area (Å²) >= 11 is 0. The van der Waals surface area contributed by atoms with Crippen molar-refractivity contribution in [2.45, 2.75) is 45.9 Å². The van der Waals surface area contributed by atoms with Gasteiger partial charge in [0.25, 0.3) is 0 Å². The van der Waals surface area contributed by atoms with Crippen molar-refractivity contribution in [1.29, 1.82) is 0 Å². The van der Waals surface area contributed by atoms with Gasteiger partial charge in [-0.05, 0) is 39.8 Å². The van der Waals surface area contributed by atoms with Crippen LogP contribution in [-0.4, -0.2) is 29.5 Å². The van der Waals surface area contributed by atoms with Crippen LogP contribution in [0.2, 0.25) is 0 Å². The SMILES string of the molecule is COc1ccccc1[C@H](CN[C@@H](C)c1cc(C)n(C)n1)OC(C)C. The smallest absolute Gasteiger partial charge is 0.124 e. The summed E-state index contributed by atoms with van der Waals surface area (Å²) in [6.45, 7) is 8.97. The van der Waals surface area contributed by atoms with E-state index in [0.717, 1.165) is 22.7 Å². The summed E-state index contributed by atoms with van der Waals surface area (Å²) in [5.41, 5.74) is 3.25. The zero-order valence-corrected chi connectivity index (χ0v) is 15.5. The molecular formula is C19H29N3O2. The minimum absolute atomic E-state index is 0.0755. The summed E-state index contributed by atoms with van der Waals surface area (Å²) in [4.78, 5) is 0. The second kappa shape index (κ2) is 8.31. The van der Waals surface area contributed by atoms with Gasteiger partial charge in [-0.2, -0.15) is 5.10 Å². The van der Waals surface area contributed by atoms with Gasteiger partial charge >= 0.3 is 0 Å². The van der Waals surface area contributed by atoms with Gasteiger partial charge in [0.2, 0.25) is 0 Å². The first-order valence-electron chi connectivity index (χ1n) is 8.44. The maximum Gasteiger partial charge on any atom is 0.124 e. The molecule has 5 heteroatoms. The predicted molar refractivity (Wildman–Crippen MR) is 96.3 cm³/mol. The van der Waals surface area contributed by atoms with Gasteiger partial charge in [-0.25, -0.2) is 0 Å². The number of benzene rings is 1. The molecule has 2 rings (SSSR count). The van der Waals surface area contributed by atoms with E-state index in [0.29, 0.717) is 6.54 Å². The predicted octanol–water partition coefficient (Wildman–Crippen LogP) is 3.55. The van der Waals surface area contributed by atoms with Crippen LogP contribution in [0.15, 0.2) is 30.3 Å². The van der Waals surface area contributed by atoms with Gasteiger partial charge in [-0.1, -0.05) is 18.2 Å². The lowest BCUT2D eigenvalue weighted by molar-refractivity contribution is 0.00466. The fraction of sp³-hybridized carbons (Fsp3) is 0.526. The molecule has 0 aliphatic rings. The Kier molecular flexibility index (Phi) is 6.40. The van der Waals surface area contributed by atoms with Gasteiger partial charge in [-0.15, -0.1) is 0 Å². The van der Waals surface area contributed by atoms with E-state index in [2.05, 4.69) is 36.4 Å². The number of ether oxygens (including phenoxy) is 2. The third-order valence-corrected chi connectivity index (χ3v) is 4.11. The number of aromatic nitrogens is 2. The summed E-state index contributed by atoms with van der Waals surface area (Å²) < 4.78 is 13.5. The van der Waals surface area contributed by atoms with E-state index in [1.165, 1.54) is 0 Å². The van der Waals surface area contributed by atoms with E-state index >= 15 is 0 Å². The zero-order chi connectivity index (χ0) is 17.7. The summed E-state index contributed by atoms with van der Waals surface area (Å²) in [7, 11) is 3.66. The maximum atomic E-state index is 6.13. The van der Waals surface area contributed by atoms with Crippen molar-refractivity contribution in [3.05, 3.63) is 47.3 Å². The van der Waals surface area contributed by atoms with Crippen LogP contribution in [0.5, 0.6) is 5.75 Å². The average Bonchev–Trinajstić information content (AvgIpc) is 2.90. The fourth-order valence-corrected chi connectivity index (χ4v) is 2.68. The van der Waals surface area contributed by atoms with Crippen molar-refractivity contribution in [2.75, 3.05) is 13.7 Å². The molecule has 0 bridgehead atoms. The van der Waals surface area contributed by atoms with E-state index in [-0.39, 0.29) is 18.2 Å². The number of hydrogen-bond donors (Lipinski definition) is 1. The molecule has 0 aliphatic carbocycles. The summed E-state index contributed by atoms with van der Waals surface area (Å²) in [5.74, 6) is 0.853. The van der Waals surface area contributed by atoms with E-state index in [1.54, 1.807) is 7.11 Å². The topological polar surface area (TPSA) is 48.3 Å². The van der Waals surface area contributed by atoms with Crippen molar-refractivity contribution in [2.24, 2.45) is 7.05 Å². The van der Waals surface area contributed by atoms with Crippen LogP contribution >= 0.6 is 0 Å². The van der Waals surface area contributed by atoms with Gasteiger partial charge in [0.15, 0.2) is 0 Å². The number of aryl methyl sites for hydroxylation is 2. The third kappa shape index (κ3) is 4.58. The highest BCUT2D eigenvalue weighted by molar-refractivity contribution is 5.35. The minimum atomic E-state index is -0.0755. The molecule has 1 heterocycles. The number of para-hydroxylation sites is 1. The highest BCUT2D eigenvalue weighted by Gasteiger charge is 2.20. The van der Waals surface area contributed by atoms with Crippen molar-refractivity contribution in [3.8, 4) is 5.75 Å². The highest BCUT2D eigenvalue weighted by atomic mass is 16.5. The van der Waals surface area contributed by atoms with Crippen LogP contribution in [0.3, 0.4) is 0 Å². The molecule has 2 atom stereocenters. The van der Waals surface area contributed by atoms with Crippen LogP contribution < -0.4 is 10.1 Å². The largest absolute Gasteiger partial charge is 0.496 e. The molecule has 1 N–H and O–H groups in total. The van der Waals surface area contributed by atoms with Crippen molar-refractivity contribution in [1.82, 2.24) is 15.1 Å². The Labute approximate surface area is 145 Å². The number of methoxy groups -OCH3 is 1. The molecule has 0 unspecified atom stereocenters. The Morgan fingerprint density at radius 3 is 2.50 bits per heavy atom. The Morgan fingerprint density at radius 1 is 1.21 bits per heavy atom. The van der Waals surface area contributed by atoms with Crippen molar-refractivity contribution in [3.63, 3.8) is 0 Å². The van der Waals surface area contributed by atoms with Crippen LogP contribution in [0.1, 0.15) is 49.9 Å². The second-order valence-electron chi connectivity index (χ2n) is 6.38. The van der Waals surface area contributed by atoms with E-state index < -0.39 is 0 Å². The molecule has 0 fully saturated rings. The van der Waals surface area contributed by atoms with Gasteiger partial charge in [0.1, 0.15) is 5.75 Å². The minimum Gasteiger partial charge on any atom is -0.496 e. The molecule has 0 saturated carbocycles. The molecular weight excluding hydrogens is 302 g/mol. The van der Waals surface area contributed by atoms with E-state index in [4.69, 9.17) is 9.47 Å². The molecule has 0 saturated heterocycles. The van der Waals surface area contributed by atoms with Gasteiger partial charge < -0.3 is 14.8 Å². The normalized spacial score (nSPS) is 14.0. The maximum absolute atomic E-state index is 6.13. The quantitative estimate of drug-likeness (QED) is 0.803. The molecule has 2 aromatic rings. The van der Waals surface area contributed by atoms with E-state index in [1.807, 2.05) is 43.8 Å². The monoisotopic (exact) mass is 331 g/mol. The van der Waals surface area contributed by atoms with Gasteiger partial charge in [-0.3, -0.25) is 4.68 Å². The highest BCUT2D eigenvalue weighted by Crippen LogP contribution is 2.28. The molecule has 24 heavy (non-hydrogen) atoms. The zero-order valence-electron chi connectivity index (χ0n) is 15.5. The lowest BCUT2D eigenvalue weighted by Gasteiger charge is -2.24. The third-order valence-electron chi connectivity index (χ3n) is 4.11. The Hall–Kier alpha value is -1.85. The van der Waals surface area contributed by atoms with Crippen LogP contribution in [0.4, 0.5) is 0 Å². The van der Waals surface area contributed by atoms with Crippen LogP contribution in [0.25, 0.3) is 0 Å². The molecule has 5 nitrogen and oxygen atoms in total. The van der Waals surface area contributed by atoms with E-state index in [9.17, 15) is 0 Å². The first-order chi connectivity index (χ1) is 11.4. The Balaban J connectivity index is 2.11. The molecule has 1 aromatic carbocycles. The van der Waals surface area contributed by atoms with Crippen molar-refractivity contribution >= 4 is 0 Å². The molecule has 0 aliphatic heterocycles. The first kappa shape index (κ1) is 18.5. The fourth-order valence-electron chi connectivity index (χ4n) is 2.68. The number of hydrogen-bond acceptors (Lipinski definition) is 4. The van der Waals surface area contributed by atoms with Gasteiger partial charge in [0, 0.05) is 30.9 Å². The molecule has 0 spiro atoms. The average molecular weight is 331 g/mol. The Morgan fingerprint density at radius 2 is 1.92 bits per heavy atom. The Bertz CT molecular complexity index is 632. The summed E-state index contributed by atoms with van der Waals surface area (Å²) in [6, 6.07) is 10.3. The molecule has 0 radical (unpaired) electrons. The summed E-state index contributed by atoms with van der Waals surface area (Å²) in [5, 5.41) is 8.08. The molecule has 0 amide bonds. The molecule has 1 aromatic heterocycles. The van der Waals surface area contributed by atoms with Gasteiger partial charge in [0.05, 0.1) is 25.0 Å². The lowest BCUT2D eigenvalue weighted by atomic mass is 10.1. The number of nitrogens with zero attached hydrogens (tertiary/aromatic N) is 2.